The number of sulfone groups is 1. The van der Waals surface area contributed by atoms with Crippen LogP contribution in [0.25, 0.3) is 0 Å². The summed E-state index contributed by atoms with van der Waals surface area (Å²) in [7, 11) is -3.04. The van der Waals surface area contributed by atoms with Crippen LogP contribution in [0.1, 0.15) is 23.3 Å². The van der Waals surface area contributed by atoms with Crippen LogP contribution in [0.2, 0.25) is 0 Å². The highest BCUT2D eigenvalue weighted by molar-refractivity contribution is 7.92. The molecule has 1 unspecified atom stereocenters. The summed E-state index contributed by atoms with van der Waals surface area (Å²) in [5, 5.41) is 9.25. The first-order chi connectivity index (χ1) is 8.49. The van der Waals surface area contributed by atoms with E-state index in [1.54, 1.807) is 0 Å². The van der Waals surface area contributed by atoms with E-state index in [2.05, 4.69) is 15.5 Å². The minimum Gasteiger partial charge on any atom is -0.382 e. The lowest BCUT2D eigenvalue weighted by molar-refractivity contribution is 0.0947. The lowest BCUT2D eigenvalue weighted by Crippen LogP contribution is -2.35. The van der Waals surface area contributed by atoms with Gasteiger partial charge in [-0.2, -0.15) is 0 Å². The number of nitrogen functional groups attached to an aromatic ring is 1. The molecule has 1 aromatic heterocycles. The molecule has 98 valence electrons. The van der Waals surface area contributed by atoms with E-state index in [-0.39, 0.29) is 23.8 Å². The van der Waals surface area contributed by atoms with E-state index >= 15 is 0 Å². The van der Waals surface area contributed by atoms with Gasteiger partial charge in [0, 0.05) is 6.54 Å². The van der Waals surface area contributed by atoms with Crippen molar-refractivity contribution < 1.29 is 13.2 Å². The van der Waals surface area contributed by atoms with Gasteiger partial charge >= 0.3 is 0 Å². The summed E-state index contributed by atoms with van der Waals surface area (Å²) < 4.78 is 23.1. The number of aromatic nitrogens is 2. The van der Waals surface area contributed by atoms with E-state index in [0.29, 0.717) is 12.8 Å². The standard InChI is InChI=1S/C10H14N4O3S/c11-9-4-3-8(13-14-9)10(15)12-6-7-2-1-5-18(7,16)17/h3-4,7H,1-2,5-6H2,(H2,11,14)(H,12,15). The first kappa shape index (κ1) is 12.7. The number of hydrogen-bond donors (Lipinski definition) is 2. The van der Waals surface area contributed by atoms with E-state index in [9.17, 15) is 13.2 Å². The minimum absolute atomic E-state index is 0.118. The summed E-state index contributed by atoms with van der Waals surface area (Å²) in [6.45, 7) is 0.118. The van der Waals surface area contributed by atoms with Gasteiger partial charge in [0.15, 0.2) is 15.5 Å². The van der Waals surface area contributed by atoms with Crippen molar-refractivity contribution in [2.75, 3.05) is 18.0 Å². The summed E-state index contributed by atoms with van der Waals surface area (Å²) in [6.07, 6.45) is 1.25. The molecule has 1 fully saturated rings. The van der Waals surface area contributed by atoms with Crippen LogP contribution in [0.5, 0.6) is 0 Å². The molecule has 7 nitrogen and oxygen atoms in total. The van der Waals surface area contributed by atoms with Gasteiger partial charge in [-0.3, -0.25) is 4.79 Å². The largest absolute Gasteiger partial charge is 0.382 e. The Bertz CT molecular complexity index is 541. The van der Waals surface area contributed by atoms with Gasteiger partial charge in [0.2, 0.25) is 0 Å². The third kappa shape index (κ3) is 2.76. The highest BCUT2D eigenvalue weighted by Crippen LogP contribution is 2.19. The van der Waals surface area contributed by atoms with Gasteiger partial charge in [0.1, 0.15) is 5.82 Å². The predicted molar refractivity (Wildman–Crippen MR) is 65.6 cm³/mol. The maximum atomic E-state index is 11.7. The molecule has 0 bridgehead atoms. The smallest absolute Gasteiger partial charge is 0.271 e. The maximum absolute atomic E-state index is 11.7. The van der Waals surface area contributed by atoms with Gasteiger partial charge in [-0.1, -0.05) is 0 Å². The molecule has 1 aliphatic rings. The molecule has 0 aromatic carbocycles. The van der Waals surface area contributed by atoms with Crippen molar-refractivity contribution in [3.8, 4) is 0 Å². The molecule has 3 N–H and O–H groups in total. The topological polar surface area (TPSA) is 115 Å². The van der Waals surface area contributed by atoms with Crippen LogP contribution in [-0.2, 0) is 9.84 Å². The van der Waals surface area contributed by atoms with E-state index in [1.807, 2.05) is 0 Å². The minimum atomic E-state index is -3.04. The molecule has 1 aliphatic heterocycles. The van der Waals surface area contributed by atoms with Gasteiger partial charge < -0.3 is 11.1 Å². The molecule has 1 amide bonds. The van der Waals surface area contributed by atoms with Crippen LogP contribution in [0.15, 0.2) is 12.1 Å². The normalized spacial score (nSPS) is 21.7. The number of rotatable bonds is 3. The van der Waals surface area contributed by atoms with Gasteiger partial charge in [-0.15, -0.1) is 10.2 Å². The van der Waals surface area contributed by atoms with Crippen molar-refractivity contribution in [1.82, 2.24) is 15.5 Å². The molecular formula is C10H14N4O3S. The fourth-order valence-electron chi connectivity index (χ4n) is 1.85. The van der Waals surface area contributed by atoms with E-state index in [4.69, 9.17) is 5.73 Å². The molecule has 2 rings (SSSR count). The Morgan fingerprint density at radius 1 is 1.44 bits per heavy atom. The SMILES string of the molecule is Nc1ccc(C(=O)NCC2CCCS2(=O)=O)nn1. The van der Waals surface area contributed by atoms with Crippen molar-refractivity contribution in [2.45, 2.75) is 18.1 Å². The van der Waals surface area contributed by atoms with Crippen molar-refractivity contribution >= 4 is 21.6 Å². The Balaban J connectivity index is 1.95. The van der Waals surface area contributed by atoms with Gasteiger partial charge in [0.25, 0.3) is 5.91 Å². The third-order valence-corrected chi connectivity index (χ3v) is 5.15. The van der Waals surface area contributed by atoms with Crippen LogP contribution in [0.4, 0.5) is 5.82 Å². The number of nitrogens with two attached hydrogens (primary N) is 1. The molecule has 1 saturated heterocycles. The lowest BCUT2D eigenvalue weighted by atomic mass is 10.2. The average molecular weight is 270 g/mol. The van der Waals surface area contributed by atoms with Crippen LogP contribution in [-0.4, -0.2) is 42.1 Å². The molecule has 0 spiro atoms. The van der Waals surface area contributed by atoms with Crippen LogP contribution in [0.3, 0.4) is 0 Å². The molecule has 8 heteroatoms. The molecule has 1 atom stereocenters. The number of amides is 1. The average Bonchev–Trinajstić information content (AvgIpc) is 2.66. The number of anilines is 1. The molecule has 0 radical (unpaired) electrons. The first-order valence-electron chi connectivity index (χ1n) is 5.58. The quantitative estimate of drug-likeness (QED) is 0.755. The van der Waals surface area contributed by atoms with E-state index in [1.165, 1.54) is 12.1 Å². The van der Waals surface area contributed by atoms with Crippen molar-refractivity contribution in [3.05, 3.63) is 17.8 Å². The van der Waals surface area contributed by atoms with E-state index < -0.39 is 21.0 Å². The number of carbonyl (C=O) groups excluding carboxylic acids is 1. The second-order valence-corrected chi connectivity index (χ2v) is 6.59. The Labute approximate surface area is 105 Å². The lowest BCUT2D eigenvalue weighted by Gasteiger charge is -2.10. The van der Waals surface area contributed by atoms with Gasteiger partial charge in [0.05, 0.1) is 11.0 Å². The van der Waals surface area contributed by atoms with Gasteiger partial charge in [-0.25, -0.2) is 8.42 Å². The fourth-order valence-corrected chi connectivity index (χ4v) is 3.61. The molecular weight excluding hydrogens is 256 g/mol. The summed E-state index contributed by atoms with van der Waals surface area (Å²) in [4.78, 5) is 11.7. The van der Waals surface area contributed by atoms with Crippen molar-refractivity contribution in [1.29, 1.82) is 0 Å². The maximum Gasteiger partial charge on any atom is 0.271 e. The zero-order valence-corrected chi connectivity index (χ0v) is 10.5. The first-order valence-corrected chi connectivity index (χ1v) is 7.29. The highest BCUT2D eigenvalue weighted by Gasteiger charge is 2.31. The number of nitrogens with one attached hydrogen (secondary N) is 1. The van der Waals surface area contributed by atoms with Crippen LogP contribution in [0, 0.1) is 0 Å². The predicted octanol–water partition coefficient (Wildman–Crippen LogP) is -0.634. The van der Waals surface area contributed by atoms with Crippen LogP contribution < -0.4 is 11.1 Å². The fraction of sp³-hybridized carbons (Fsp3) is 0.500. The number of hydrogen-bond acceptors (Lipinski definition) is 6. The summed E-state index contributed by atoms with van der Waals surface area (Å²) in [5.74, 6) is -0.00982. The van der Waals surface area contributed by atoms with Crippen molar-refractivity contribution in [2.24, 2.45) is 0 Å². The molecule has 0 aliphatic carbocycles. The number of nitrogens with zero attached hydrogens (tertiary/aromatic N) is 2. The van der Waals surface area contributed by atoms with Crippen molar-refractivity contribution in [3.63, 3.8) is 0 Å². The Morgan fingerprint density at radius 3 is 2.78 bits per heavy atom. The summed E-state index contributed by atoms with van der Waals surface area (Å²) in [6, 6.07) is 2.91. The van der Waals surface area contributed by atoms with E-state index in [0.717, 1.165) is 0 Å². The zero-order chi connectivity index (χ0) is 13.2. The summed E-state index contributed by atoms with van der Waals surface area (Å²) in [5.41, 5.74) is 5.48. The zero-order valence-electron chi connectivity index (χ0n) is 9.67. The summed E-state index contributed by atoms with van der Waals surface area (Å²) >= 11 is 0. The molecule has 2 heterocycles. The molecule has 0 saturated carbocycles. The second kappa shape index (κ2) is 4.89. The molecule has 1 aromatic rings. The number of carbonyl (C=O) groups is 1. The third-order valence-electron chi connectivity index (χ3n) is 2.87. The van der Waals surface area contributed by atoms with Crippen LogP contribution >= 0.6 is 0 Å². The van der Waals surface area contributed by atoms with Gasteiger partial charge in [-0.05, 0) is 25.0 Å². The highest BCUT2D eigenvalue weighted by atomic mass is 32.2. The Kier molecular flexibility index (Phi) is 3.46. The second-order valence-electron chi connectivity index (χ2n) is 4.18. The molecule has 18 heavy (non-hydrogen) atoms. The Hall–Kier alpha value is -1.70. The monoisotopic (exact) mass is 270 g/mol. The Morgan fingerprint density at radius 2 is 2.22 bits per heavy atom.